The molecule has 0 aromatic carbocycles. The van der Waals surface area contributed by atoms with Crippen LogP contribution in [0.25, 0.3) is 0 Å². The summed E-state index contributed by atoms with van der Waals surface area (Å²) in [4.78, 5) is 10.9. The minimum Gasteiger partial charge on any atom is -0.449 e. The Bertz CT molecular complexity index is 226. The van der Waals surface area contributed by atoms with Gasteiger partial charge < -0.3 is 4.74 Å². The highest BCUT2D eigenvalue weighted by Crippen LogP contribution is 2.20. The van der Waals surface area contributed by atoms with Crippen LogP contribution in [-0.2, 0) is 4.74 Å². The van der Waals surface area contributed by atoms with E-state index in [0.717, 1.165) is 18.6 Å². The zero-order valence-corrected chi connectivity index (χ0v) is 8.88. The number of hydrazone groups is 1. The SMILES string of the molecule is CCOC(=O)N/N=C1\CCCC(C)C1. The molecule has 0 bridgehead atoms. The number of ether oxygens (including phenoxy) is 1. The predicted octanol–water partition coefficient (Wildman–Crippen LogP) is 2.30. The molecule has 4 nitrogen and oxygen atoms in total. The molecule has 0 spiro atoms. The quantitative estimate of drug-likeness (QED) is 0.692. The number of hydrogen-bond donors (Lipinski definition) is 1. The van der Waals surface area contributed by atoms with E-state index in [0.29, 0.717) is 12.5 Å². The van der Waals surface area contributed by atoms with Crippen molar-refractivity contribution in [1.82, 2.24) is 5.43 Å². The number of hydrogen-bond acceptors (Lipinski definition) is 3. The molecule has 1 aliphatic carbocycles. The van der Waals surface area contributed by atoms with Gasteiger partial charge in [-0.1, -0.05) is 6.92 Å². The zero-order valence-electron chi connectivity index (χ0n) is 8.88. The lowest BCUT2D eigenvalue weighted by atomic mass is 9.89. The molecule has 0 aromatic rings. The largest absolute Gasteiger partial charge is 0.449 e. The summed E-state index contributed by atoms with van der Waals surface area (Å²) >= 11 is 0. The molecule has 0 radical (unpaired) electrons. The van der Waals surface area contributed by atoms with Crippen molar-refractivity contribution >= 4 is 11.8 Å². The normalized spacial score (nSPS) is 24.7. The van der Waals surface area contributed by atoms with Gasteiger partial charge in [0.1, 0.15) is 0 Å². The average Bonchev–Trinajstić information content (AvgIpc) is 2.15. The van der Waals surface area contributed by atoms with Gasteiger partial charge >= 0.3 is 6.09 Å². The molecule has 0 aromatic heterocycles. The van der Waals surface area contributed by atoms with Gasteiger partial charge in [0.15, 0.2) is 0 Å². The molecular weight excluding hydrogens is 180 g/mol. The molecule has 1 rings (SSSR count). The zero-order chi connectivity index (χ0) is 10.4. The van der Waals surface area contributed by atoms with Crippen LogP contribution >= 0.6 is 0 Å². The number of carbonyl (C=O) groups is 1. The maximum Gasteiger partial charge on any atom is 0.427 e. The van der Waals surface area contributed by atoms with Crippen LogP contribution in [0.2, 0.25) is 0 Å². The maximum absolute atomic E-state index is 10.9. The standard InChI is InChI=1S/C10H18N2O2/c1-3-14-10(13)12-11-9-6-4-5-8(2)7-9/h8H,3-7H2,1-2H3,(H,12,13)/b11-9+. The molecule has 0 heterocycles. The van der Waals surface area contributed by atoms with E-state index in [9.17, 15) is 4.79 Å². The van der Waals surface area contributed by atoms with Gasteiger partial charge in [-0.05, 0) is 38.5 Å². The molecule has 80 valence electrons. The Kier molecular flexibility index (Phi) is 4.43. The fraction of sp³-hybridized carbons (Fsp3) is 0.800. The smallest absolute Gasteiger partial charge is 0.427 e. The number of rotatable bonds is 2. The minimum atomic E-state index is -0.460. The first-order valence-electron chi connectivity index (χ1n) is 5.20. The van der Waals surface area contributed by atoms with E-state index >= 15 is 0 Å². The first-order chi connectivity index (χ1) is 6.72. The van der Waals surface area contributed by atoms with E-state index in [2.05, 4.69) is 17.5 Å². The third-order valence-electron chi connectivity index (χ3n) is 2.33. The van der Waals surface area contributed by atoms with Crippen molar-refractivity contribution in [3.8, 4) is 0 Å². The van der Waals surface area contributed by atoms with E-state index < -0.39 is 6.09 Å². The van der Waals surface area contributed by atoms with Crippen molar-refractivity contribution in [3.63, 3.8) is 0 Å². The second kappa shape index (κ2) is 5.62. The number of amides is 1. The van der Waals surface area contributed by atoms with Gasteiger partial charge in [0.25, 0.3) is 0 Å². The lowest BCUT2D eigenvalue weighted by Crippen LogP contribution is -2.22. The van der Waals surface area contributed by atoms with Gasteiger partial charge in [-0.3, -0.25) is 0 Å². The van der Waals surface area contributed by atoms with Crippen LogP contribution < -0.4 is 5.43 Å². The third-order valence-corrected chi connectivity index (χ3v) is 2.33. The number of nitrogens with one attached hydrogen (secondary N) is 1. The summed E-state index contributed by atoms with van der Waals surface area (Å²) in [5.41, 5.74) is 3.48. The first kappa shape index (κ1) is 11.0. The number of nitrogens with zero attached hydrogens (tertiary/aromatic N) is 1. The number of carbonyl (C=O) groups excluding carboxylic acids is 1. The van der Waals surface area contributed by atoms with Gasteiger partial charge in [0.05, 0.1) is 6.61 Å². The fourth-order valence-corrected chi connectivity index (χ4v) is 1.65. The van der Waals surface area contributed by atoms with Gasteiger partial charge in [0, 0.05) is 5.71 Å². The molecule has 0 saturated heterocycles. The van der Waals surface area contributed by atoms with E-state index in [1.54, 1.807) is 6.92 Å². The van der Waals surface area contributed by atoms with E-state index in [1.807, 2.05) is 0 Å². The van der Waals surface area contributed by atoms with Gasteiger partial charge in [-0.2, -0.15) is 5.10 Å². The van der Waals surface area contributed by atoms with Crippen molar-refractivity contribution in [3.05, 3.63) is 0 Å². The van der Waals surface area contributed by atoms with Gasteiger partial charge in [-0.15, -0.1) is 0 Å². The minimum absolute atomic E-state index is 0.382. The van der Waals surface area contributed by atoms with E-state index in [4.69, 9.17) is 4.74 Å². The Balaban J connectivity index is 2.32. The lowest BCUT2D eigenvalue weighted by molar-refractivity contribution is 0.152. The van der Waals surface area contributed by atoms with Gasteiger partial charge in [0.2, 0.25) is 0 Å². The van der Waals surface area contributed by atoms with Crippen LogP contribution in [0, 0.1) is 5.92 Å². The van der Waals surface area contributed by atoms with Crippen LogP contribution in [0.3, 0.4) is 0 Å². The van der Waals surface area contributed by atoms with Crippen LogP contribution in [0.4, 0.5) is 4.79 Å². The molecule has 1 N–H and O–H groups in total. The lowest BCUT2D eigenvalue weighted by Gasteiger charge is -2.18. The highest BCUT2D eigenvalue weighted by Gasteiger charge is 2.14. The molecule has 1 aliphatic rings. The highest BCUT2D eigenvalue weighted by molar-refractivity contribution is 5.86. The van der Waals surface area contributed by atoms with Crippen molar-refractivity contribution < 1.29 is 9.53 Å². The van der Waals surface area contributed by atoms with Gasteiger partial charge in [-0.25, -0.2) is 10.2 Å². The van der Waals surface area contributed by atoms with Crippen molar-refractivity contribution in [2.45, 2.75) is 39.5 Å². The van der Waals surface area contributed by atoms with Crippen LogP contribution in [0.5, 0.6) is 0 Å². The highest BCUT2D eigenvalue weighted by atomic mass is 16.5. The Hall–Kier alpha value is -1.06. The molecule has 4 heteroatoms. The molecule has 1 fully saturated rings. The van der Waals surface area contributed by atoms with E-state index in [-0.39, 0.29) is 0 Å². The van der Waals surface area contributed by atoms with Crippen molar-refractivity contribution in [1.29, 1.82) is 0 Å². The Morgan fingerprint density at radius 3 is 3.14 bits per heavy atom. The summed E-state index contributed by atoms with van der Waals surface area (Å²) < 4.78 is 4.70. The molecule has 1 unspecified atom stereocenters. The van der Waals surface area contributed by atoms with Crippen LogP contribution in [0.15, 0.2) is 5.10 Å². The van der Waals surface area contributed by atoms with Crippen molar-refractivity contribution in [2.24, 2.45) is 11.0 Å². The Morgan fingerprint density at radius 1 is 1.71 bits per heavy atom. The summed E-state index contributed by atoms with van der Waals surface area (Å²) in [6, 6.07) is 0. The van der Waals surface area contributed by atoms with E-state index in [1.165, 1.54) is 12.8 Å². The van der Waals surface area contributed by atoms with Crippen LogP contribution in [-0.4, -0.2) is 18.4 Å². The molecule has 1 atom stereocenters. The fourth-order valence-electron chi connectivity index (χ4n) is 1.65. The predicted molar refractivity (Wildman–Crippen MR) is 55.2 cm³/mol. The topological polar surface area (TPSA) is 50.7 Å². The third kappa shape index (κ3) is 3.77. The first-order valence-corrected chi connectivity index (χ1v) is 5.20. The average molecular weight is 198 g/mol. The van der Waals surface area contributed by atoms with Crippen LogP contribution in [0.1, 0.15) is 39.5 Å². The summed E-state index contributed by atoms with van der Waals surface area (Å²) in [7, 11) is 0. The summed E-state index contributed by atoms with van der Waals surface area (Å²) in [6.07, 6.45) is 3.96. The summed E-state index contributed by atoms with van der Waals surface area (Å²) in [5.74, 6) is 0.687. The summed E-state index contributed by atoms with van der Waals surface area (Å²) in [6.45, 7) is 4.36. The molecule has 1 saturated carbocycles. The Morgan fingerprint density at radius 2 is 2.50 bits per heavy atom. The second-order valence-corrected chi connectivity index (χ2v) is 3.71. The van der Waals surface area contributed by atoms with Crippen molar-refractivity contribution in [2.75, 3.05) is 6.61 Å². The maximum atomic E-state index is 10.9. The molecule has 14 heavy (non-hydrogen) atoms. The molecule has 0 aliphatic heterocycles. The Labute approximate surface area is 84.7 Å². The second-order valence-electron chi connectivity index (χ2n) is 3.71. The monoisotopic (exact) mass is 198 g/mol. The molecule has 1 amide bonds. The summed E-state index contributed by atoms with van der Waals surface area (Å²) in [5, 5.41) is 4.04. The molecular formula is C10H18N2O2.